The van der Waals surface area contributed by atoms with E-state index in [1.807, 2.05) is 0 Å². The highest BCUT2D eigenvalue weighted by Crippen LogP contribution is 2.33. The second kappa shape index (κ2) is 3.43. The van der Waals surface area contributed by atoms with Gasteiger partial charge in [-0.3, -0.25) is 0 Å². The van der Waals surface area contributed by atoms with E-state index in [1.165, 1.54) is 6.07 Å². The summed E-state index contributed by atoms with van der Waals surface area (Å²) in [7, 11) is 0. The van der Waals surface area contributed by atoms with E-state index in [0.717, 1.165) is 11.5 Å². The number of aromatic nitrogens is 2. The molecule has 4 nitrogen and oxygen atoms in total. The summed E-state index contributed by atoms with van der Waals surface area (Å²) in [6.45, 7) is 0. The zero-order valence-corrected chi connectivity index (χ0v) is 8.51. The Morgan fingerprint density at radius 3 is 2.86 bits per heavy atom. The third-order valence-electron chi connectivity index (χ3n) is 1.66. The Balaban J connectivity index is 2.57. The number of nitrogen functional groups attached to an aromatic ring is 1. The number of halogens is 1. The van der Waals surface area contributed by atoms with Crippen LogP contribution in [0.5, 0.6) is 5.75 Å². The number of nitrogens with zero attached hydrogens (tertiary/aromatic N) is 2. The molecular weight excluding hydrogens is 222 g/mol. The van der Waals surface area contributed by atoms with E-state index in [2.05, 4.69) is 9.36 Å². The summed E-state index contributed by atoms with van der Waals surface area (Å²) in [6, 6.07) is 4.90. The number of rotatable bonds is 1. The van der Waals surface area contributed by atoms with Crippen LogP contribution in [-0.4, -0.2) is 14.5 Å². The molecule has 3 N–H and O–H groups in total. The van der Waals surface area contributed by atoms with E-state index in [9.17, 15) is 5.11 Å². The molecule has 1 heterocycles. The quantitative estimate of drug-likeness (QED) is 0.783. The van der Waals surface area contributed by atoms with Crippen LogP contribution in [-0.2, 0) is 0 Å². The molecule has 0 amide bonds. The smallest absolute Gasteiger partial charge is 0.200 e. The molecule has 0 spiro atoms. The van der Waals surface area contributed by atoms with Gasteiger partial charge in [0, 0.05) is 17.1 Å². The Labute approximate surface area is 89.1 Å². The summed E-state index contributed by atoms with van der Waals surface area (Å²) in [4.78, 5) is 3.97. The van der Waals surface area contributed by atoms with Gasteiger partial charge in [0.05, 0.1) is 5.02 Å². The summed E-state index contributed by atoms with van der Waals surface area (Å²) < 4.78 is 4.00. The zero-order chi connectivity index (χ0) is 10.1. The van der Waals surface area contributed by atoms with Crippen molar-refractivity contribution in [3.63, 3.8) is 0 Å². The van der Waals surface area contributed by atoms with Crippen LogP contribution in [0.4, 0.5) is 5.13 Å². The number of hydrogen-bond acceptors (Lipinski definition) is 5. The van der Waals surface area contributed by atoms with Crippen molar-refractivity contribution < 1.29 is 5.11 Å². The van der Waals surface area contributed by atoms with Crippen molar-refractivity contribution in [2.75, 3.05) is 5.73 Å². The Bertz CT molecular complexity index is 471. The molecule has 72 valence electrons. The topological polar surface area (TPSA) is 72.0 Å². The van der Waals surface area contributed by atoms with Gasteiger partial charge < -0.3 is 10.8 Å². The average molecular weight is 228 g/mol. The monoisotopic (exact) mass is 227 g/mol. The molecule has 0 saturated heterocycles. The van der Waals surface area contributed by atoms with Gasteiger partial charge >= 0.3 is 0 Å². The number of aromatic hydroxyl groups is 1. The highest BCUT2D eigenvalue weighted by Gasteiger charge is 2.11. The highest BCUT2D eigenvalue weighted by atomic mass is 35.5. The molecule has 2 aromatic rings. The van der Waals surface area contributed by atoms with Gasteiger partial charge in [-0.2, -0.15) is 9.36 Å². The van der Waals surface area contributed by atoms with Gasteiger partial charge in [0.1, 0.15) is 5.75 Å². The van der Waals surface area contributed by atoms with Crippen LogP contribution in [0.2, 0.25) is 5.02 Å². The Hall–Kier alpha value is -1.33. The maximum absolute atomic E-state index is 9.35. The van der Waals surface area contributed by atoms with Crippen molar-refractivity contribution in [1.29, 1.82) is 0 Å². The van der Waals surface area contributed by atoms with Gasteiger partial charge in [-0.15, -0.1) is 0 Å². The van der Waals surface area contributed by atoms with Crippen LogP contribution >= 0.6 is 23.1 Å². The first-order valence-corrected chi connectivity index (χ1v) is 4.90. The van der Waals surface area contributed by atoms with Crippen LogP contribution in [0.15, 0.2) is 18.2 Å². The second-order valence-electron chi connectivity index (χ2n) is 2.59. The maximum Gasteiger partial charge on any atom is 0.200 e. The molecule has 0 unspecified atom stereocenters. The lowest BCUT2D eigenvalue weighted by atomic mass is 10.2. The van der Waals surface area contributed by atoms with Crippen molar-refractivity contribution in [3.8, 4) is 17.1 Å². The SMILES string of the molecule is Nc1nc(-c2cccc(O)c2Cl)ns1. The number of benzene rings is 1. The van der Waals surface area contributed by atoms with Crippen LogP contribution in [0, 0.1) is 0 Å². The second-order valence-corrected chi connectivity index (χ2v) is 3.76. The van der Waals surface area contributed by atoms with E-state index in [4.69, 9.17) is 17.3 Å². The fourth-order valence-corrected chi connectivity index (χ4v) is 1.69. The minimum Gasteiger partial charge on any atom is -0.506 e. The Morgan fingerprint density at radius 1 is 1.43 bits per heavy atom. The molecular formula is C8H6ClN3OS. The van der Waals surface area contributed by atoms with Crippen molar-refractivity contribution >= 4 is 28.3 Å². The molecule has 2 rings (SSSR count). The molecule has 0 bridgehead atoms. The summed E-state index contributed by atoms with van der Waals surface area (Å²) in [5, 5.41) is 9.97. The maximum atomic E-state index is 9.35. The van der Waals surface area contributed by atoms with Crippen molar-refractivity contribution in [2.24, 2.45) is 0 Å². The lowest BCUT2D eigenvalue weighted by Crippen LogP contribution is -1.85. The molecule has 14 heavy (non-hydrogen) atoms. The van der Waals surface area contributed by atoms with Gasteiger partial charge in [0.2, 0.25) is 0 Å². The molecule has 0 saturated carbocycles. The number of phenolic OH excluding ortho intramolecular Hbond substituents is 1. The lowest BCUT2D eigenvalue weighted by molar-refractivity contribution is 0.476. The predicted octanol–water partition coefficient (Wildman–Crippen LogP) is 2.15. The van der Waals surface area contributed by atoms with Crippen LogP contribution in [0.1, 0.15) is 0 Å². The third kappa shape index (κ3) is 1.51. The van der Waals surface area contributed by atoms with Gasteiger partial charge in [-0.05, 0) is 12.1 Å². The number of anilines is 1. The van der Waals surface area contributed by atoms with E-state index >= 15 is 0 Å². The van der Waals surface area contributed by atoms with E-state index < -0.39 is 0 Å². The summed E-state index contributed by atoms with van der Waals surface area (Å²) in [6.07, 6.45) is 0. The zero-order valence-electron chi connectivity index (χ0n) is 6.94. The summed E-state index contributed by atoms with van der Waals surface area (Å²) in [5.41, 5.74) is 6.03. The largest absolute Gasteiger partial charge is 0.506 e. The van der Waals surface area contributed by atoms with Crippen molar-refractivity contribution in [3.05, 3.63) is 23.2 Å². The fraction of sp³-hybridized carbons (Fsp3) is 0. The first-order chi connectivity index (χ1) is 6.68. The molecule has 0 radical (unpaired) electrons. The van der Waals surface area contributed by atoms with E-state index in [-0.39, 0.29) is 10.8 Å². The van der Waals surface area contributed by atoms with Crippen molar-refractivity contribution in [2.45, 2.75) is 0 Å². The molecule has 0 atom stereocenters. The van der Waals surface area contributed by atoms with Gasteiger partial charge in [0.15, 0.2) is 11.0 Å². The normalized spacial score (nSPS) is 10.4. The molecule has 0 aliphatic heterocycles. The van der Waals surface area contributed by atoms with Crippen molar-refractivity contribution in [1.82, 2.24) is 9.36 Å². The van der Waals surface area contributed by atoms with Gasteiger partial charge in [-0.25, -0.2) is 0 Å². The molecule has 1 aromatic heterocycles. The molecule has 0 fully saturated rings. The highest BCUT2D eigenvalue weighted by molar-refractivity contribution is 7.09. The molecule has 0 aliphatic carbocycles. The van der Waals surface area contributed by atoms with Gasteiger partial charge in [0.25, 0.3) is 0 Å². The van der Waals surface area contributed by atoms with Crippen LogP contribution in [0.25, 0.3) is 11.4 Å². The van der Waals surface area contributed by atoms with E-state index in [1.54, 1.807) is 12.1 Å². The van der Waals surface area contributed by atoms with Gasteiger partial charge in [-0.1, -0.05) is 17.7 Å². The average Bonchev–Trinajstić information content (AvgIpc) is 2.57. The van der Waals surface area contributed by atoms with E-state index in [0.29, 0.717) is 16.5 Å². The standard InChI is InChI=1S/C8H6ClN3OS/c9-6-4(2-1-3-5(6)13)7-11-8(10)14-12-7/h1-3,13H,(H2,10,11,12). The predicted molar refractivity (Wildman–Crippen MR) is 56.4 cm³/mol. The first-order valence-electron chi connectivity index (χ1n) is 3.75. The summed E-state index contributed by atoms with van der Waals surface area (Å²) in [5.74, 6) is 0.450. The minimum absolute atomic E-state index is 0.0116. The number of nitrogens with two attached hydrogens (primary N) is 1. The number of phenols is 1. The summed E-state index contributed by atoms with van der Waals surface area (Å²) >= 11 is 6.96. The molecule has 0 aliphatic rings. The van der Waals surface area contributed by atoms with Crippen LogP contribution < -0.4 is 5.73 Å². The first kappa shape index (κ1) is 9.23. The number of hydrogen-bond donors (Lipinski definition) is 2. The third-order valence-corrected chi connectivity index (χ3v) is 2.60. The lowest BCUT2D eigenvalue weighted by Gasteiger charge is -2.00. The minimum atomic E-state index is 0.0116. The Morgan fingerprint density at radius 2 is 2.21 bits per heavy atom. The molecule has 6 heteroatoms. The fourth-order valence-electron chi connectivity index (χ4n) is 1.04. The Kier molecular flexibility index (Phi) is 2.26. The van der Waals surface area contributed by atoms with Crippen LogP contribution in [0.3, 0.4) is 0 Å². The molecule has 1 aromatic carbocycles.